The lowest BCUT2D eigenvalue weighted by atomic mass is 10.1. The van der Waals surface area contributed by atoms with Gasteiger partial charge in [0.1, 0.15) is 12.4 Å². The Morgan fingerprint density at radius 2 is 2.13 bits per heavy atom. The van der Waals surface area contributed by atoms with Crippen LogP contribution in [-0.2, 0) is 11.3 Å². The lowest BCUT2D eigenvalue weighted by Crippen LogP contribution is -2.28. The van der Waals surface area contributed by atoms with Gasteiger partial charge in [-0.15, -0.1) is 6.42 Å². The first-order chi connectivity index (χ1) is 14.3. The van der Waals surface area contributed by atoms with Crippen molar-refractivity contribution in [1.82, 2.24) is 4.90 Å². The fourth-order valence-electron chi connectivity index (χ4n) is 2.73. The third-order valence-corrected chi connectivity index (χ3v) is 5.83. The monoisotopic (exact) mass is 509 g/mol. The van der Waals surface area contributed by atoms with Crippen molar-refractivity contribution < 1.29 is 23.5 Å². The lowest BCUT2D eigenvalue weighted by molar-refractivity contribution is -0.123. The summed E-state index contributed by atoms with van der Waals surface area (Å²) < 4.78 is 25.7. The van der Waals surface area contributed by atoms with Gasteiger partial charge in [-0.05, 0) is 42.1 Å². The highest BCUT2D eigenvalue weighted by atomic mass is 79.9. The Morgan fingerprint density at radius 1 is 1.37 bits per heavy atom. The lowest BCUT2D eigenvalue weighted by Gasteiger charge is -2.14. The molecular weight excluding hydrogens is 497 g/mol. The summed E-state index contributed by atoms with van der Waals surface area (Å²) in [4.78, 5) is 26.4. The fraction of sp³-hybridized carbons (Fsp3) is 0.143. The quantitative estimate of drug-likeness (QED) is 0.379. The molecule has 1 saturated heterocycles. The Bertz CT molecular complexity index is 1080. The number of halogens is 3. The first-order valence-corrected chi connectivity index (χ1v) is 10.5. The first-order valence-electron chi connectivity index (χ1n) is 8.47. The summed E-state index contributed by atoms with van der Waals surface area (Å²) in [5, 5.41) is -0.390. The van der Waals surface area contributed by atoms with Crippen LogP contribution in [0.15, 0.2) is 39.7 Å². The number of benzene rings is 2. The molecule has 0 N–H and O–H groups in total. The molecule has 2 aromatic rings. The third kappa shape index (κ3) is 4.64. The Labute approximate surface area is 190 Å². The van der Waals surface area contributed by atoms with Gasteiger partial charge >= 0.3 is 0 Å². The Kier molecular flexibility index (Phi) is 7.08. The molecule has 1 aliphatic heterocycles. The smallest absolute Gasteiger partial charge is 0.293 e. The molecule has 2 amide bonds. The largest absolute Gasteiger partial charge is 0.493 e. The van der Waals surface area contributed by atoms with Crippen molar-refractivity contribution in [2.24, 2.45) is 0 Å². The Morgan fingerprint density at radius 3 is 2.80 bits per heavy atom. The molecule has 2 aromatic carbocycles. The van der Waals surface area contributed by atoms with E-state index in [1.165, 1.54) is 31.4 Å². The van der Waals surface area contributed by atoms with Crippen molar-refractivity contribution in [1.29, 1.82) is 0 Å². The van der Waals surface area contributed by atoms with E-state index in [1.807, 2.05) is 0 Å². The SMILES string of the molecule is C#CCOc1c(/C=C2\SC(=O)N(Cc3c(F)cccc3Cl)C2=O)cc(Br)cc1OC. The predicted molar refractivity (Wildman–Crippen MR) is 118 cm³/mol. The standard InChI is InChI=1S/C21H14BrClFNO4S/c1-3-7-29-19-12(8-13(22)10-17(19)28-2)9-18-20(26)25(21(27)30-18)11-14-15(23)5-4-6-16(14)24/h1,4-6,8-10H,7,11H2,2H3/b18-9-. The second kappa shape index (κ2) is 9.56. The summed E-state index contributed by atoms with van der Waals surface area (Å²) in [6.07, 6.45) is 6.78. The van der Waals surface area contributed by atoms with Gasteiger partial charge in [0.15, 0.2) is 11.5 Å². The van der Waals surface area contributed by atoms with Gasteiger partial charge in [0.05, 0.1) is 18.6 Å². The number of ether oxygens (including phenoxy) is 2. The van der Waals surface area contributed by atoms with E-state index >= 15 is 0 Å². The van der Waals surface area contributed by atoms with Crippen LogP contribution in [0.4, 0.5) is 9.18 Å². The zero-order chi connectivity index (χ0) is 21.8. The summed E-state index contributed by atoms with van der Waals surface area (Å²) >= 11 is 10.1. The van der Waals surface area contributed by atoms with E-state index in [1.54, 1.807) is 12.1 Å². The number of rotatable bonds is 6. The molecule has 0 unspecified atom stereocenters. The normalized spacial score (nSPS) is 14.9. The van der Waals surface area contributed by atoms with Gasteiger partial charge < -0.3 is 9.47 Å². The molecule has 0 aliphatic carbocycles. The molecule has 154 valence electrons. The van der Waals surface area contributed by atoms with E-state index in [0.717, 1.165) is 16.7 Å². The topological polar surface area (TPSA) is 55.8 Å². The zero-order valence-corrected chi connectivity index (χ0v) is 18.7. The number of carbonyl (C=O) groups excluding carboxylic acids is 2. The maximum atomic E-state index is 14.1. The minimum Gasteiger partial charge on any atom is -0.493 e. The second-order valence-corrected chi connectivity index (χ2v) is 8.30. The number of carbonyl (C=O) groups is 2. The van der Waals surface area contributed by atoms with Crippen molar-refractivity contribution in [2.75, 3.05) is 13.7 Å². The highest BCUT2D eigenvalue weighted by Gasteiger charge is 2.36. The minimum absolute atomic E-state index is 0.00784. The van der Waals surface area contributed by atoms with E-state index in [4.69, 9.17) is 27.5 Å². The Hall–Kier alpha value is -2.47. The molecule has 0 atom stereocenters. The molecule has 3 rings (SSSR count). The predicted octanol–water partition coefficient (Wildman–Crippen LogP) is 5.50. The van der Waals surface area contributed by atoms with Crippen LogP contribution in [0, 0.1) is 18.2 Å². The summed E-state index contributed by atoms with van der Waals surface area (Å²) in [6.45, 7) is -0.276. The van der Waals surface area contributed by atoms with E-state index in [-0.39, 0.29) is 28.6 Å². The summed E-state index contributed by atoms with van der Waals surface area (Å²) in [7, 11) is 1.47. The van der Waals surface area contributed by atoms with E-state index in [9.17, 15) is 14.0 Å². The average Bonchev–Trinajstić information content (AvgIpc) is 2.96. The summed E-state index contributed by atoms with van der Waals surface area (Å²) in [6, 6.07) is 7.56. The molecule has 0 aromatic heterocycles. The van der Waals surface area contributed by atoms with Gasteiger partial charge in [0.25, 0.3) is 11.1 Å². The van der Waals surface area contributed by atoms with Gasteiger partial charge in [-0.2, -0.15) is 0 Å². The van der Waals surface area contributed by atoms with Gasteiger partial charge in [-0.25, -0.2) is 4.39 Å². The molecule has 5 nitrogen and oxygen atoms in total. The van der Waals surface area contributed by atoms with Crippen molar-refractivity contribution in [2.45, 2.75) is 6.54 Å². The van der Waals surface area contributed by atoms with Crippen molar-refractivity contribution >= 4 is 56.5 Å². The first kappa shape index (κ1) is 22.2. The molecule has 1 aliphatic rings. The van der Waals surface area contributed by atoms with Crippen LogP contribution in [0.1, 0.15) is 11.1 Å². The molecule has 0 saturated carbocycles. The van der Waals surface area contributed by atoms with Gasteiger partial charge in [0.2, 0.25) is 0 Å². The molecule has 0 radical (unpaired) electrons. The van der Waals surface area contributed by atoms with Crippen LogP contribution in [0.2, 0.25) is 5.02 Å². The second-order valence-electron chi connectivity index (χ2n) is 5.99. The third-order valence-electron chi connectivity index (χ3n) is 4.11. The molecule has 0 bridgehead atoms. The number of imide groups is 1. The molecule has 1 heterocycles. The van der Waals surface area contributed by atoms with Gasteiger partial charge in [0, 0.05) is 20.6 Å². The molecule has 30 heavy (non-hydrogen) atoms. The molecular formula is C21H14BrClFNO4S. The van der Waals surface area contributed by atoms with Crippen LogP contribution >= 0.6 is 39.3 Å². The van der Waals surface area contributed by atoms with Crippen molar-refractivity contribution in [3.05, 3.63) is 61.7 Å². The summed E-state index contributed by atoms with van der Waals surface area (Å²) in [5.74, 6) is 1.96. The number of thioether (sulfide) groups is 1. The maximum Gasteiger partial charge on any atom is 0.293 e. The van der Waals surface area contributed by atoms with Crippen LogP contribution in [0.3, 0.4) is 0 Å². The van der Waals surface area contributed by atoms with E-state index < -0.39 is 17.0 Å². The van der Waals surface area contributed by atoms with Crippen molar-refractivity contribution in [3.63, 3.8) is 0 Å². The van der Waals surface area contributed by atoms with Crippen LogP contribution in [-0.4, -0.2) is 29.8 Å². The number of nitrogens with zero attached hydrogens (tertiary/aromatic N) is 1. The number of methoxy groups -OCH3 is 1. The molecule has 1 fully saturated rings. The average molecular weight is 511 g/mol. The maximum absolute atomic E-state index is 14.1. The van der Waals surface area contributed by atoms with E-state index in [2.05, 4.69) is 21.9 Å². The molecule has 9 heteroatoms. The highest BCUT2D eigenvalue weighted by Crippen LogP contribution is 2.40. The number of hydrogen-bond donors (Lipinski definition) is 0. The van der Waals surface area contributed by atoms with Crippen LogP contribution in [0.5, 0.6) is 11.5 Å². The van der Waals surface area contributed by atoms with Crippen molar-refractivity contribution in [3.8, 4) is 23.8 Å². The zero-order valence-electron chi connectivity index (χ0n) is 15.6. The van der Waals surface area contributed by atoms with Crippen LogP contribution < -0.4 is 9.47 Å². The summed E-state index contributed by atoms with van der Waals surface area (Å²) in [5.41, 5.74) is 0.566. The fourth-order valence-corrected chi connectivity index (χ4v) is 4.24. The number of amides is 2. The minimum atomic E-state index is -0.591. The van der Waals surface area contributed by atoms with E-state index in [0.29, 0.717) is 21.5 Å². The van der Waals surface area contributed by atoms with Crippen LogP contribution in [0.25, 0.3) is 6.08 Å². The highest BCUT2D eigenvalue weighted by molar-refractivity contribution is 9.10. The number of hydrogen-bond acceptors (Lipinski definition) is 5. The Balaban J connectivity index is 1.96. The number of terminal acetylenes is 1. The molecule has 0 spiro atoms. The van der Waals surface area contributed by atoms with Gasteiger partial charge in [-0.1, -0.05) is 39.5 Å². The van der Waals surface area contributed by atoms with Gasteiger partial charge in [-0.3, -0.25) is 14.5 Å².